The van der Waals surface area contributed by atoms with Crippen molar-refractivity contribution in [2.45, 2.75) is 43.0 Å². The van der Waals surface area contributed by atoms with Crippen LogP contribution in [-0.2, 0) is 16.4 Å². The number of aryl methyl sites for hydroxylation is 1. The number of rotatable bonds is 3. The number of hydrogen-bond donors (Lipinski definition) is 2. The predicted molar refractivity (Wildman–Crippen MR) is 80.4 cm³/mol. The van der Waals surface area contributed by atoms with E-state index in [1.54, 1.807) is 12.1 Å². The molecule has 0 fully saturated rings. The molecule has 0 saturated carbocycles. The van der Waals surface area contributed by atoms with Gasteiger partial charge in [-0.2, -0.15) is 0 Å². The monoisotopic (exact) mass is 292 g/mol. The first-order valence-corrected chi connectivity index (χ1v) is 8.67. The topological polar surface area (TPSA) is 58.2 Å². The normalized spacial score (nSPS) is 22.1. The number of allylic oxidation sites excluding steroid dienone is 1. The summed E-state index contributed by atoms with van der Waals surface area (Å²) in [5, 5.41) is 3.28. The number of nitrogens with one attached hydrogen (secondary N) is 2. The van der Waals surface area contributed by atoms with E-state index in [4.69, 9.17) is 0 Å². The third kappa shape index (κ3) is 2.88. The molecule has 0 saturated heterocycles. The third-order valence-corrected chi connectivity index (χ3v) is 5.44. The molecule has 1 aliphatic heterocycles. The van der Waals surface area contributed by atoms with Crippen molar-refractivity contribution < 1.29 is 8.42 Å². The van der Waals surface area contributed by atoms with E-state index >= 15 is 0 Å². The molecule has 1 unspecified atom stereocenters. The van der Waals surface area contributed by atoms with Gasteiger partial charge in [0.05, 0.1) is 4.90 Å². The Morgan fingerprint density at radius 3 is 2.95 bits per heavy atom. The van der Waals surface area contributed by atoms with Gasteiger partial charge in [0.25, 0.3) is 0 Å². The maximum absolute atomic E-state index is 12.4. The van der Waals surface area contributed by atoms with Crippen LogP contribution >= 0.6 is 0 Å². The van der Waals surface area contributed by atoms with E-state index in [0.29, 0.717) is 4.90 Å². The average Bonchev–Trinajstić information content (AvgIpc) is 2.47. The molecule has 1 aliphatic carbocycles. The molecule has 1 aromatic rings. The Balaban J connectivity index is 1.81. The maximum atomic E-state index is 12.4. The summed E-state index contributed by atoms with van der Waals surface area (Å²) < 4.78 is 27.7. The van der Waals surface area contributed by atoms with Crippen LogP contribution in [0.2, 0.25) is 0 Å². The number of benzene rings is 1. The highest BCUT2D eigenvalue weighted by Gasteiger charge is 2.21. The van der Waals surface area contributed by atoms with Crippen LogP contribution in [0, 0.1) is 0 Å². The van der Waals surface area contributed by atoms with Crippen LogP contribution < -0.4 is 10.0 Å². The maximum Gasteiger partial charge on any atom is 0.240 e. The van der Waals surface area contributed by atoms with Crippen molar-refractivity contribution >= 4 is 15.7 Å². The molecule has 2 N–H and O–H groups in total. The molecule has 5 heteroatoms. The molecule has 1 heterocycles. The molecule has 0 amide bonds. The Bertz CT molecular complexity index is 623. The molecule has 20 heavy (non-hydrogen) atoms. The standard InChI is InChI=1S/C15H20N2O2S/c18-20(19,17-13-6-2-1-3-7-13)14-9-8-12-5-4-10-16-15(12)11-14/h1-2,8-9,11,13,16-17H,3-7,10H2. The highest BCUT2D eigenvalue weighted by Crippen LogP contribution is 2.25. The van der Waals surface area contributed by atoms with Gasteiger partial charge in [-0.25, -0.2) is 13.1 Å². The van der Waals surface area contributed by atoms with Crippen LogP contribution in [0.1, 0.15) is 31.2 Å². The van der Waals surface area contributed by atoms with Crippen molar-refractivity contribution in [2.24, 2.45) is 0 Å². The Hall–Kier alpha value is -1.33. The summed E-state index contributed by atoms with van der Waals surface area (Å²) in [5.41, 5.74) is 2.17. The van der Waals surface area contributed by atoms with E-state index < -0.39 is 10.0 Å². The molecule has 1 aromatic carbocycles. The zero-order valence-electron chi connectivity index (χ0n) is 11.4. The second-order valence-electron chi connectivity index (χ2n) is 5.45. The van der Waals surface area contributed by atoms with Crippen LogP contribution in [0.3, 0.4) is 0 Å². The number of fused-ring (bicyclic) bond motifs is 1. The van der Waals surface area contributed by atoms with Crippen molar-refractivity contribution in [3.63, 3.8) is 0 Å². The number of sulfonamides is 1. The zero-order valence-corrected chi connectivity index (χ0v) is 12.2. The van der Waals surface area contributed by atoms with E-state index in [1.807, 2.05) is 12.1 Å². The van der Waals surface area contributed by atoms with Gasteiger partial charge < -0.3 is 5.32 Å². The minimum atomic E-state index is -3.42. The molecule has 4 nitrogen and oxygen atoms in total. The van der Waals surface area contributed by atoms with E-state index in [-0.39, 0.29) is 6.04 Å². The summed E-state index contributed by atoms with van der Waals surface area (Å²) in [6.45, 7) is 0.914. The molecule has 2 aliphatic rings. The Morgan fingerprint density at radius 2 is 2.15 bits per heavy atom. The van der Waals surface area contributed by atoms with E-state index in [9.17, 15) is 8.42 Å². The lowest BCUT2D eigenvalue weighted by molar-refractivity contribution is 0.522. The molecular weight excluding hydrogens is 272 g/mol. The lowest BCUT2D eigenvalue weighted by Crippen LogP contribution is -2.35. The van der Waals surface area contributed by atoms with Crippen LogP contribution in [-0.4, -0.2) is 21.0 Å². The van der Waals surface area contributed by atoms with E-state index in [0.717, 1.165) is 44.3 Å². The largest absolute Gasteiger partial charge is 0.385 e. The third-order valence-electron chi connectivity index (χ3n) is 3.92. The lowest BCUT2D eigenvalue weighted by atomic mass is 10.0. The van der Waals surface area contributed by atoms with Crippen molar-refractivity contribution in [1.29, 1.82) is 0 Å². The van der Waals surface area contributed by atoms with Crippen LogP contribution in [0.25, 0.3) is 0 Å². The summed E-state index contributed by atoms with van der Waals surface area (Å²) in [5.74, 6) is 0. The first-order chi connectivity index (χ1) is 9.65. The highest BCUT2D eigenvalue weighted by molar-refractivity contribution is 7.89. The molecule has 0 aromatic heterocycles. The highest BCUT2D eigenvalue weighted by atomic mass is 32.2. The van der Waals surface area contributed by atoms with Crippen molar-refractivity contribution in [2.75, 3.05) is 11.9 Å². The first kappa shape index (κ1) is 13.6. The summed E-state index contributed by atoms with van der Waals surface area (Å²) in [7, 11) is -3.42. The molecule has 0 radical (unpaired) electrons. The van der Waals surface area contributed by atoms with Crippen molar-refractivity contribution in [3.05, 3.63) is 35.9 Å². The Morgan fingerprint density at radius 1 is 1.25 bits per heavy atom. The fourth-order valence-corrected chi connectivity index (χ4v) is 4.10. The average molecular weight is 292 g/mol. The SMILES string of the molecule is O=S(=O)(NC1CC=CCC1)c1ccc2c(c1)NCCC2. The summed E-state index contributed by atoms with van der Waals surface area (Å²) >= 11 is 0. The van der Waals surface area contributed by atoms with Crippen LogP contribution in [0.4, 0.5) is 5.69 Å². The molecular formula is C15H20N2O2S. The van der Waals surface area contributed by atoms with Crippen LogP contribution in [0.5, 0.6) is 0 Å². The predicted octanol–water partition coefficient (Wildman–Crippen LogP) is 2.43. The van der Waals surface area contributed by atoms with Gasteiger partial charge in [-0.15, -0.1) is 0 Å². The van der Waals surface area contributed by atoms with Gasteiger partial charge in [0, 0.05) is 18.3 Å². The lowest BCUT2D eigenvalue weighted by Gasteiger charge is -2.21. The Labute approximate surface area is 120 Å². The number of anilines is 1. The molecule has 0 spiro atoms. The molecule has 0 bridgehead atoms. The van der Waals surface area contributed by atoms with Gasteiger partial charge in [0.15, 0.2) is 0 Å². The molecule has 1 atom stereocenters. The summed E-state index contributed by atoms with van der Waals surface area (Å²) in [4.78, 5) is 0.361. The first-order valence-electron chi connectivity index (χ1n) is 7.19. The second-order valence-corrected chi connectivity index (χ2v) is 7.17. The van der Waals surface area contributed by atoms with Gasteiger partial charge in [0.1, 0.15) is 0 Å². The Kier molecular flexibility index (Phi) is 3.81. The van der Waals surface area contributed by atoms with Gasteiger partial charge >= 0.3 is 0 Å². The van der Waals surface area contributed by atoms with Gasteiger partial charge in [-0.05, 0) is 49.8 Å². The van der Waals surface area contributed by atoms with Gasteiger partial charge in [-0.3, -0.25) is 0 Å². The molecule has 3 rings (SSSR count). The van der Waals surface area contributed by atoms with Crippen molar-refractivity contribution in [1.82, 2.24) is 4.72 Å². The van der Waals surface area contributed by atoms with Crippen molar-refractivity contribution in [3.8, 4) is 0 Å². The summed E-state index contributed by atoms with van der Waals surface area (Å²) in [6.07, 6.45) is 8.87. The quantitative estimate of drug-likeness (QED) is 0.841. The van der Waals surface area contributed by atoms with E-state index in [2.05, 4.69) is 16.1 Å². The summed E-state index contributed by atoms with van der Waals surface area (Å²) in [6, 6.07) is 5.42. The van der Waals surface area contributed by atoms with Gasteiger partial charge in [-0.1, -0.05) is 18.2 Å². The van der Waals surface area contributed by atoms with E-state index in [1.165, 1.54) is 5.56 Å². The smallest absolute Gasteiger partial charge is 0.240 e. The minimum Gasteiger partial charge on any atom is -0.385 e. The second kappa shape index (κ2) is 5.58. The minimum absolute atomic E-state index is 0.0222. The fraction of sp³-hybridized carbons (Fsp3) is 0.467. The zero-order chi connectivity index (χ0) is 14.0. The fourth-order valence-electron chi connectivity index (χ4n) is 2.80. The van der Waals surface area contributed by atoms with Crippen LogP contribution in [0.15, 0.2) is 35.2 Å². The van der Waals surface area contributed by atoms with Gasteiger partial charge in [0.2, 0.25) is 10.0 Å². The molecule has 108 valence electrons. The number of hydrogen-bond acceptors (Lipinski definition) is 3.